The van der Waals surface area contributed by atoms with Crippen LogP contribution in [0, 0.1) is 10.1 Å². The van der Waals surface area contributed by atoms with Crippen LogP contribution >= 0.6 is 40.7 Å². The molecule has 0 bridgehead atoms. The lowest BCUT2D eigenvalue weighted by atomic mass is 10.1. The summed E-state index contributed by atoms with van der Waals surface area (Å²) >= 11 is 3.21. The smallest absolute Gasteiger partial charge is 0.283 e. The summed E-state index contributed by atoms with van der Waals surface area (Å²) in [6.45, 7) is 6.00. The molecule has 1 fully saturated rings. The first kappa shape index (κ1) is 19.6. The molecule has 0 radical (unpaired) electrons. The molecule has 1 aliphatic rings. The van der Waals surface area contributed by atoms with E-state index in [4.69, 9.17) is 0 Å². The summed E-state index contributed by atoms with van der Waals surface area (Å²) in [6.07, 6.45) is 0. The van der Waals surface area contributed by atoms with Gasteiger partial charge in [0, 0.05) is 38.3 Å². The van der Waals surface area contributed by atoms with Gasteiger partial charge in [-0.1, -0.05) is 6.07 Å². The molecule has 1 aromatic carbocycles. The first-order chi connectivity index (χ1) is 8.59. The third-order valence-electron chi connectivity index (χ3n) is 3.35. The average molecular weight is 387 g/mol. The summed E-state index contributed by atoms with van der Waals surface area (Å²) in [5.41, 5.74) is 1.13. The predicted octanol–water partition coefficient (Wildman–Crippen LogP) is 3.17. The Hall–Kier alpha value is -0.400. The molecule has 0 spiro atoms. The largest absolute Gasteiger partial charge is 0.314 e. The number of benzene rings is 1. The van der Waals surface area contributed by atoms with Crippen LogP contribution in [0.15, 0.2) is 22.7 Å². The molecule has 0 unspecified atom stereocenters. The summed E-state index contributed by atoms with van der Waals surface area (Å²) in [6, 6.07) is 5.58. The van der Waals surface area contributed by atoms with E-state index in [2.05, 4.69) is 33.1 Å². The Balaban J connectivity index is 0.00000180. The maximum Gasteiger partial charge on any atom is 0.283 e. The molecule has 0 aliphatic carbocycles. The summed E-state index contributed by atoms with van der Waals surface area (Å²) < 4.78 is 0.531. The number of rotatable bonds is 3. The Morgan fingerprint density at radius 1 is 1.35 bits per heavy atom. The van der Waals surface area contributed by atoms with Gasteiger partial charge in [-0.2, -0.15) is 0 Å². The van der Waals surface area contributed by atoms with Crippen molar-refractivity contribution in [3.63, 3.8) is 0 Å². The van der Waals surface area contributed by atoms with Crippen LogP contribution in [-0.2, 0) is 0 Å². The third-order valence-corrected chi connectivity index (χ3v) is 4.02. The van der Waals surface area contributed by atoms with Gasteiger partial charge in [-0.05, 0) is 34.5 Å². The second-order valence-electron chi connectivity index (χ2n) is 4.43. The highest BCUT2D eigenvalue weighted by atomic mass is 79.9. The van der Waals surface area contributed by atoms with Crippen LogP contribution in [0.25, 0.3) is 0 Å². The van der Waals surface area contributed by atoms with E-state index in [0.717, 1.165) is 31.7 Å². The molecule has 1 atom stereocenters. The predicted molar refractivity (Wildman–Crippen MR) is 88.2 cm³/mol. The SMILES string of the molecule is C[C@H](c1ccc(Br)c([N+](=O)[O-])c1)N1CCNCC1.Cl.Cl. The van der Waals surface area contributed by atoms with Gasteiger partial charge in [0.25, 0.3) is 5.69 Å². The quantitative estimate of drug-likeness (QED) is 0.640. The van der Waals surface area contributed by atoms with Gasteiger partial charge in [-0.25, -0.2) is 0 Å². The van der Waals surface area contributed by atoms with Crippen molar-refractivity contribution in [3.8, 4) is 0 Å². The van der Waals surface area contributed by atoms with E-state index < -0.39 is 0 Å². The van der Waals surface area contributed by atoms with E-state index in [-0.39, 0.29) is 41.5 Å². The Kier molecular flexibility index (Phi) is 8.62. The topological polar surface area (TPSA) is 58.4 Å². The Morgan fingerprint density at radius 3 is 2.50 bits per heavy atom. The molecule has 1 saturated heterocycles. The third kappa shape index (κ3) is 4.56. The molecule has 1 heterocycles. The zero-order valence-electron chi connectivity index (χ0n) is 11.0. The molecule has 20 heavy (non-hydrogen) atoms. The van der Waals surface area contributed by atoms with Crippen molar-refractivity contribution in [3.05, 3.63) is 38.3 Å². The van der Waals surface area contributed by atoms with Crippen molar-refractivity contribution in [2.45, 2.75) is 13.0 Å². The molecule has 2 rings (SSSR count). The zero-order chi connectivity index (χ0) is 13.1. The fourth-order valence-corrected chi connectivity index (χ4v) is 2.60. The minimum atomic E-state index is -0.349. The molecule has 8 heteroatoms. The first-order valence-corrected chi connectivity index (χ1v) is 6.77. The lowest BCUT2D eigenvalue weighted by Crippen LogP contribution is -2.44. The molecule has 1 aromatic rings. The van der Waals surface area contributed by atoms with Crippen LogP contribution in [0.2, 0.25) is 0 Å². The molecular formula is C12H18BrCl2N3O2. The molecular weight excluding hydrogens is 369 g/mol. The number of nitro groups is 1. The number of halogens is 3. The fraction of sp³-hybridized carbons (Fsp3) is 0.500. The number of hydrogen-bond donors (Lipinski definition) is 1. The van der Waals surface area contributed by atoms with Crippen LogP contribution in [0.3, 0.4) is 0 Å². The van der Waals surface area contributed by atoms with E-state index in [0.29, 0.717) is 4.47 Å². The number of nitro benzene ring substituents is 1. The highest BCUT2D eigenvalue weighted by Gasteiger charge is 2.21. The second kappa shape index (κ2) is 8.79. The Bertz CT molecular complexity index is 456. The highest BCUT2D eigenvalue weighted by Crippen LogP contribution is 2.30. The molecule has 0 aromatic heterocycles. The van der Waals surface area contributed by atoms with Crippen molar-refractivity contribution in [1.82, 2.24) is 10.2 Å². The standard InChI is InChI=1S/C12H16BrN3O2.2ClH/c1-9(15-6-4-14-5-7-15)10-2-3-11(13)12(8-10)16(17)18;;/h2-3,8-9,14H,4-7H2,1H3;2*1H/t9-;;/m1../s1. The monoisotopic (exact) mass is 385 g/mol. The molecule has 5 nitrogen and oxygen atoms in total. The second-order valence-corrected chi connectivity index (χ2v) is 5.28. The van der Waals surface area contributed by atoms with Gasteiger partial charge in [-0.3, -0.25) is 15.0 Å². The summed E-state index contributed by atoms with van der Waals surface area (Å²) in [5.74, 6) is 0. The average Bonchev–Trinajstić information content (AvgIpc) is 2.39. The van der Waals surface area contributed by atoms with E-state index in [1.807, 2.05) is 6.07 Å². The van der Waals surface area contributed by atoms with Crippen molar-refractivity contribution in [1.29, 1.82) is 0 Å². The van der Waals surface area contributed by atoms with Gasteiger partial charge < -0.3 is 5.32 Å². The first-order valence-electron chi connectivity index (χ1n) is 5.98. The molecule has 0 saturated carbocycles. The van der Waals surface area contributed by atoms with E-state index in [1.54, 1.807) is 12.1 Å². The number of hydrogen-bond acceptors (Lipinski definition) is 4. The number of nitrogens with one attached hydrogen (secondary N) is 1. The summed E-state index contributed by atoms with van der Waals surface area (Å²) in [4.78, 5) is 12.9. The lowest BCUT2D eigenvalue weighted by molar-refractivity contribution is -0.385. The maximum atomic E-state index is 10.9. The van der Waals surface area contributed by atoms with Gasteiger partial charge in [0.05, 0.1) is 9.40 Å². The van der Waals surface area contributed by atoms with E-state index in [1.165, 1.54) is 0 Å². The van der Waals surface area contributed by atoms with Crippen molar-refractivity contribution in [2.75, 3.05) is 26.2 Å². The summed E-state index contributed by atoms with van der Waals surface area (Å²) in [7, 11) is 0. The van der Waals surface area contributed by atoms with Crippen LogP contribution in [0.4, 0.5) is 5.69 Å². The van der Waals surface area contributed by atoms with Gasteiger partial charge in [0.2, 0.25) is 0 Å². The van der Waals surface area contributed by atoms with E-state index in [9.17, 15) is 10.1 Å². The van der Waals surface area contributed by atoms with Gasteiger partial charge >= 0.3 is 0 Å². The van der Waals surface area contributed by atoms with Crippen LogP contribution < -0.4 is 5.32 Å². The number of nitrogens with zero attached hydrogens (tertiary/aromatic N) is 2. The van der Waals surface area contributed by atoms with Crippen LogP contribution in [0.1, 0.15) is 18.5 Å². The van der Waals surface area contributed by atoms with Gasteiger partial charge in [0.1, 0.15) is 0 Å². The number of piperazine rings is 1. The highest BCUT2D eigenvalue weighted by molar-refractivity contribution is 9.10. The lowest BCUT2D eigenvalue weighted by Gasteiger charge is -2.33. The Morgan fingerprint density at radius 2 is 1.95 bits per heavy atom. The molecule has 1 N–H and O–H groups in total. The minimum Gasteiger partial charge on any atom is -0.314 e. The van der Waals surface area contributed by atoms with Crippen molar-refractivity contribution in [2.24, 2.45) is 0 Å². The van der Waals surface area contributed by atoms with Crippen LogP contribution in [0.5, 0.6) is 0 Å². The van der Waals surface area contributed by atoms with Gasteiger partial charge in [0.15, 0.2) is 0 Å². The fourth-order valence-electron chi connectivity index (χ4n) is 2.21. The normalized spacial score (nSPS) is 16.7. The summed E-state index contributed by atoms with van der Waals surface area (Å²) in [5, 5.41) is 14.2. The Labute approximate surface area is 139 Å². The molecule has 114 valence electrons. The molecule has 1 aliphatic heterocycles. The minimum absolute atomic E-state index is 0. The maximum absolute atomic E-state index is 10.9. The van der Waals surface area contributed by atoms with Crippen molar-refractivity contribution >= 4 is 46.4 Å². The van der Waals surface area contributed by atoms with E-state index >= 15 is 0 Å². The zero-order valence-corrected chi connectivity index (χ0v) is 14.3. The van der Waals surface area contributed by atoms with Crippen LogP contribution in [-0.4, -0.2) is 36.0 Å². The van der Waals surface area contributed by atoms with Gasteiger partial charge in [-0.15, -0.1) is 24.8 Å². The molecule has 0 amide bonds. The van der Waals surface area contributed by atoms with Crippen molar-refractivity contribution < 1.29 is 4.92 Å².